The van der Waals surface area contributed by atoms with Crippen molar-refractivity contribution >= 4 is 17.5 Å². The minimum Gasteiger partial charge on any atom is -0.352 e. The predicted octanol–water partition coefficient (Wildman–Crippen LogP) is 2.27. The fourth-order valence-corrected chi connectivity index (χ4v) is 2.52. The number of nitrogens with one attached hydrogen (secondary N) is 2. The van der Waals surface area contributed by atoms with Gasteiger partial charge in [-0.15, -0.1) is 10.2 Å². The van der Waals surface area contributed by atoms with Crippen molar-refractivity contribution in [1.82, 2.24) is 25.5 Å². The number of rotatable bonds is 6. The van der Waals surface area contributed by atoms with Crippen LogP contribution >= 0.6 is 11.6 Å². The third-order valence-corrected chi connectivity index (χ3v) is 3.98. The van der Waals surface area contributed by atoms with E-state index in [0.717, 1.165) is 5.56 Å². The van der Waals surface area contributed by atoms with Gasteiger partial charge in [0.25, 0.3) is 5.56 Å². The van der Waals surface area contributed by atoms with Gasteiger partial charge in [-0.05, 0) is 29.8 Å². The van der Waals surface area contributed by atoms with Crippen molar-refractivity contribution < 1.29 is 9.18 Å². The molecule has 3 rings (SSSR count). The normalized spacial score (nSPS) is 10.6. The summed E-state index contributed by atoms with van der Waals surface area (Å²) in [6.45, 7) is 0.349. The molecule has 0 aliphatic heterocycles. The van der Waals surface area contributed by atoms with Gasteiger partial charge in [0.05, 0.1) is 5.56 Å². The number of pyridine rings is 1. The quantitative estimate of drug-likeness (QED) is 0.675. The summed E-state index contributed by atoms with van der Waals surface area (Å²) in [7, 11) is 0. The van der Waals surface area contributed by atoms with Gasteiger partial charge >= 0.3 is 0 Å². The Hall–Kier alpha value is -3.13. The van der Waals surface area contributed by atoms with Crippen LogP contribution in [0.1, 0.15) is 17.7 Å². The van der Waals surface area contributed by atoms with Crippen LogP contribution in [0.5, 0.6) is 0 Å². The first-order valence-corrected chi connectivity index (χ1v) is 8.47. The Morgan fingerprint density at radius 3 is 2.85 bits per heavy atom. The molecule has 1 amide bonds. The number of H-pyrrole nitrogens is 1. The van der Waals surface area contributed by atoms with Gasteiger partial charge in [0.2, 0.25) is 5.91 Å². The smallest absolute Gasteiger partial charge is 0.273 e. The highest BCUT2D eigenvalue weighted by atomic mass is 35.5. The Morgan fingerprint density at radius 1 is 1.26 bits per heavy atom. The lowest BCUT2D eigenvalue weighted by molar-refractivity contribution is -0.121. The van der Waals surface area contributed by atoms with Crippen LogP contribution in [0.2, 0.25) is 5.02 Å². The number of hydrogen-bond acceptors (Lipinski definition) is 5. The van der Waals surface area contributed by atoms with Crippen molar-refractivity contribution in [3.05, 3.63) is 75.2 Å². The zero-order valence-corrected chi connectivity index (χ0v) is 14.8. The van der Waals surface area contributed by atoms with E-state index >= 15 is 0 Å². The molecule has 0 bridgehead atoms. The Balaban J connectivity index is 1.62. The van der Waals surface area contributed by atoms with Crippen molar-refractivity contribution in [3.63, 3.8) is 0 Å². The molecule has 2 aromatic heterocycles. The number of aromatic nitrogens is 4. The molecule has 3 aromatic rings. The molecule has 27 heavy (non-hydrogen) atoms. The molecule has 2 heterocycles. The van der Waals surface area contributed by atoms with Crippen LogP contribution < -0.4 is 10.9 Å². The minimum absolute atomic E-state index is 0.0234. The summed E-state index contributed by atoms with van der Waals surface area (Å²) in [6.07, 6.45) is 3.49. The van der Waals surface area contributed by atoms with Gasteiger partial charge in [0.15, 0.2) is 5.82 Å². The lowest BCUT2D eigenvalue weighted by atomic mass is 10.2. The van der Waals surface area contributed by atoms with Crippen LogP contribution in [0.3, 0.4) is 0 Å². The highest BCUT2D eigenvalue weighted by Gasteiger charge is 2.12. The molecule has 0 unspecified atom stereocenters. The predicted molar refractivity (Wildman–Crippen MR) is 97.5 cm³/mol. The number of aromatic amines is 1. The van der Waals surface area contributed by atoms with Gasteiger partial charge in [0.1, 0.15) is 11.5 Å². The number of nitrogens with zero attached hydrogens (tertiary/aromatic N) is 3. The highest BCUT2D eigenvalue weighted by Crippen LogP contribution is 2.22. The van der Waals surface area contributed by atoms with E-state index in [4.69, 9.17) is 11.6 Å². The molecule has 0 aliphatic carbocycles. The second-order valence-electron chi connectivity index (χ2n) is 5.71. The maximum atomic E-state index is 13.9. The number of carbonyl (C=O) groups excluding carboxylic acids is 1. The molecule has 0 saturated heterocycles. The van der Waals surface area contributed by atoms with Crippen molar-refractivity contribution in [1.29, 1.82) is 0 Å². The summed E-state index contributed by atoms with van der Waals surface area (Å²) in [5.74, 6) is -0.832. The number of halogens is 2. The minimum atomic E-state index is -0.577. The Bertz CT molecular complexity index is 1010. The molecule has 138 valence electrons. The second-order valence-corrected chi connectivity index (χ2v) is 6.15. The highest BCUT2D eigenvalue weighted by molar-refractivity contribution is 6.30. The summed E-state index contributed by atoms with van der Waals surface area (Å²) >= 11 is 5.84. The average Bonchev–Trinajstić information content (AvgIpc) is 2.68. The summed E-state index contributed by atoms with van der Waals surface area (Å²) in [5, 5.41) is 10.7. The van der Waals surface area contributed by atoms with E-state index in [9.17, 15) is 14.0 Å². The topological polar surface area (TPSA) is 101 Å². The van der Waals surface area contributed by atoms with Gasteiger partial charge in [-0.1, -0.05) is 17.7 Å². The maximum absolute atomic E-state index is 13.9. The number of amides is 1. The molecule has 9 heteroatoms. The van der Waals surface area contributed by atoms with Crippen LogP contribution in [0.15, 0.2) is 47.5 Å². The van der Waals surface area contributed by atoms with Gasteiger partial charge in [0, 0.05) is 36.8 Å². The van der Waals surface area contributed by atoms with Crippen molar-refractivity contribution in [2.45, 2.75) is 19.4 Å². The monoisotopic (exact) mass is 387 g/mol. The van der Waals surface area contributed by atoms with Gasteiger partial charge in [-0.3, -0.25) is 14.6 Å². The van der Waals surface area contributed by atoms with E-state index in [0.29, 0.717) is 11.6 Å². The molecular formula is C18H15ClFN5O2. The van der Waals surface area contributed by atoms with Crippen LogP contribution in [-0.2, 0) is 17.8 Å². The fraction of sp³-hybridized carbons (Fsp3) is 0.167. The van der Waals surface area contributed by atoms with E-state index in [1.165, 1.54) is 18.2 Å². The molecular weight excluding hydrogens is 373 g/mol. The molecule has 7 nitrogen and oxygen atoms in total. The third kappa shape index (κ3) is 4.95. The summed E-state index contributed by atoms with van der Waals surface area (Å²) in [6, 6.07) is 7.54. The first kappa shape index (κ1) is 18.7. The number of aryl methyl sites for hydroxylation is 1. The standard InChI is InChI=1S/C18H15ClFN5O2/c19-12-3-4-14(20)13(8-12)17-23-18(27)15(24-25-17)5-6-16(26)22-10-11-2-1-7-21-9-11/h1-4,7-9H,5-6,10H2,(H,22,26)(H,23,25,27). The van der Waals surface area contributed by atoms with Gasteiger partial charge in [-0.2, -0.15) is 0 Å². The number of carbonyl (C=O) groups is 1. The van der Waals surface area contributed by atoms with Crippen LogP contribution in [-0.4, -0.2) is 26.1 Å². The van der Waals surface area contributed by atoms with Crippen molar-refractivity contribution in [2.24, 2.45) is 0 Å². The molecule has 0 spiro atoms. The van der Waals surface area contributed by atoms with Crippen molar-refractivity contribution in [3.8, 4) is 11.4 Å². The van der Waals surface area contributed by atoms with Gasteiger partial charge in [-0.25, -0.2) is 4.39 Å². The summed E-state index contributed by atoms with van der Waals surface area (Å²) in [5.41, 5.74) is 0.487. The SMILES string of the molecule is O=C(CCc1nnc(-c2cc(Cl)ccc2F)[nH]c1=O)NCc1cccnc1. The largest absolute Gasteiger partial charge is 0.352 e. The van der Waals surface area contributed by atoms with Crippen LogP contribution in [0, 0.1) is 5.82 Å². The molecule has 2 N–H and O–H groups in total. The first-order valence-electron chi connectivity index (χ1n) is 8.10. The summed E-state index contributed by atoms with van der Waals surface area (Å²) in [4.78, 5) is 30.5. The van der Waals surface area contributed by atoms with E-state index in [2.05, 4.69) is 25.5 Å². The van der Waals surface area contributed by atoms with Gasteiger partial charge < -0.3 is 10.3 Å². The molecule has 0 radical (unpaired) electrons. The molecule has 0 atom stereocenters. The first-order chi connectivity index (χ1) is 13.0. The van der Waals surface area contributed by atoms with Crippen LogP contribution in [0.4, 0.5) is 4.39 Å². The Labute approximate surface area is 158 Å². The molecule has 1 aromatic carbocycles. The van der Waals surface area contributed by atoms with Crippen molar-refractivity contribution in [2.75, 3.05) is 0 Å². The lowest BCUT2D eigenvalue weighted by Gasteiger charge is -2.05. The fourth-order valence-electron chi connectivity index (χ4n) is 2.35. The average molecular weight is 388 g/mol. The van der Waals surface area contributed by atoms with Crippen LogP contribution in [0.25, 0.3) is 11.4 Å². The zero-order chi connectivity index (χ0) is 19.2. The Kier molecular flexibility index (Phi) is 5.87. The zero-order valence-electron chi connectivity index (χ0n) is 14.1. The molecule has 0 saturated carbocycles. The molecule has 0 fully saturated rings. The molecule has 0 aliphatic rings. The maximum Gasteiger partial charge on any atom is 0.273 e. The Morgan fingerprint density at radius 2 is 2.11 bits per heavy atom. The lowest BCUT2D eigenvalue weighted by Crippen LogP contribution is -2.25. The van der Waals surface area contributed by atoms with E-state index in [-0.39, 0.29) is 35.8 Å². The van der Waals surface area contributed by atoms with E-state index in [1.54, 1.807) is 18.5 Å². The third-order valence-electron chi connectivity index (χ3n) is 3.75. The van der Waals surface area contributed by atoms with E-state index in [1.807, 2.05) is 6.07 Å². The summed E-state index contributed by atoms with van der Waals surface area (Å²) < 4.78 is 13.9. The number of hydrogen-bond donors (Lipinski definition) is 2. The number of benzene rings is 1. The van der Waals surface area contributed by atoms with E-state index < -0.39 is 11.4 Å². The second kappa shape index (κ2) is 8.50.